The van der Waals surface area contributed by atoms with Crippen molar-refractivity contribution in [1.29, 1.82) is 0 Å². The second-order valence-electron chi connectivity index (χ2n) is 5.43. The highest BCUT2D eigenvalue weighted by Gasteiger charge is 2.18. The van der Waals surface area contributed by atoms with E-state index in [4.69, 9.17) is 0 Å². The first-order valence-electron chi connectivity index (χ1n) is 6.99. The van der Waals surface area contributed by atoms with Crippen LogP contribution in [-0.4, -0.2) is 5.11 Å². The summed E-state index contributed by atoms with van der Waals surface area (Å²) in [5, 5.41) is 11.6. The molecule has 0 radical (unpaired) electrons. The van der Waals surface area contributed by atoms with Gasteiger partial charge in [-0.2, -0.15) is 0 Å². The second kappa shape index (κ2) is 5.41. The zero-order valence-corrected chi connectivity index (χ0v) is 11.5. The van der Waals surface area contributed by atoms with Gasteiger partial charge in [0, 0.05) is 9.58 Å². The molecule has 1 fully saturated rings. The predicted octanol–water partition coefficient (Wildman–Crippen LogP) is 4.91. The van der Waals surface area contributed by atoms with Crippen LogP contribution in [0.25, 0.3) is 10.1 Å². The van der Waals surface area contributed by atoms with Gasteiger partial charge in [-0.1, -0.05) is 43.9 Å². The normalized spacial score (nSPS) is 18.5. The molecule has 1 aliphatic carbocycles. The Morgan fingerprint density at radius 1 is 1.22 bits per heavy atom. The van der Waals surface area contributed by atoms with E-state index in [1.807, 2.05) is 0 Å². The molecule has 96 valence electrons. The molecule has 2 heteroatoms. The largest absolute Gasteiger partial charge is 0.388 e. The zero-order chi connectivity index (χ0) is 12.4. The third-order valence-electron chi connectivity index (χ3n) is 4.10. The van der Waals surface area contributed by atoms with Crippen LogP contribution in [-0.2, 0) is 0 Å². The highest BCUT2D eigenvalue weighted by atomic mass is 32.1. The molecule has 0 saturated heterocycles. The molecule has 1 unspecified atom stereocenters. The third kappa shape index (κ3) is 2.60. The Morgan fingerprint density at radius 2 is 2.00 bits per heavy atom. The summed E-state index contributed by atoms with van der Waals surface area (Å²) in [6.45, 7) is 0. The fourth-order valence-electron chi connectivity index (χ4n) is 3.00. The monoisotopic (exact) mass is 260 g/mol. The molecule has 1 aliphatic rings. The van der Waals surface area contributed by atoms with Crippen molar-refractivity contribution in [2.24, 2.45) is 5.92 Å². The number of aliphatic hydroxyl groups is 1. The minimum Gasteiger partial charge on any atom is -0.388 e. The van der Waals surface area contributed by atoms with Crippen LogP contribution >= 0.6 is 11.3 Å². The summed E-state index contributed by atoms with van der Waals surface area (Å²) in [4.78, 5) is 1.13. The molecule has 0 amide bonds. The molecule has 1 atom stereocenters. The first kappa shape index (κ1) is 12.2. The molecular formula is C16H20OS. The van der Waals surface area contributed by atoms with Crippen molar-refractivity contribution in [3.63, 3.8) is 0 Å². The number of fused-ring (bicyclic) bond motifs is 1. The molecule has 1 saturated carbocycles. The maximum absolute atomic E-state index is 10.3. The van der Waals surface area contributed by atoms with Gasteiger partial charge in [0.25, 0.3) is 0 Å². The molecule has 1 aromatic heterocycles. The van der Waals surface area contributed by atoms with Crippen molar-refractivity contribution in [2.45, 2.75) is 44.6 Å². The maximum atomic E-state index is 10.3. The number of hydrogen-bond acceptors (Lipinski definition) is 2. The third-order valence-corrected chi connectivity index (χ3v) is 5.31. The molecule has 1 N–H and O–H groups in total. The van der Waals surface area contributed by atoms with Crippen LogP contribution in [0.4, 0.5) is 0 Å². The molecule has 18 heavy (non-hydrogen) atoms. The molecule has 3 rings (SSSR count). The van der Waals surface area contributed by atoms with Gasteiger partial charge in [-0.15, -0.1) is 11.3 Å². The number of rotatable bonds is 4. The van der Waals surface area contributed by atoms with E-state index in [0.717, 1.165) is 17.2 Å². The molecule has 1 heterocycles. The van der Waals surface area contributed by atoms with Gasteiger partial charge in [-0.3, -0.25) is 0 Å². The molecule has 0 spiro atoms. The summed E-state index contributed by atoms with van der Waals surface area (Å²) >= 11 is 1.74. The number of thiophene rings is 1. The van der Waals surface area contributed by atoms with E-state index in [9.17, 15) is 5.11 Å². The Kier molecular flexibility index (Phi) is 3.67. The van der Waals surface area contributed by atoms with E-state index < -0.39 is 0 Å². The summed E-state index contributed by atoms with van der Waals surface area (Å²) < 4.78 is 1.28. The van der Waals surface area contributed by atoms with Crippen molar-refractivity contribution in [1.82, 2.24) is 0 Å². The van der Waals surface area contributed by atoms with Gasteiger partial charge in [-0.25, -0.2) is 0 Å². The lowest BCUT2D eigenvalue weighted by Gasteiger charge is -2.12. The summed E-state index contributed by atoms with van der Waals surface area (Å²) in [6, 6.07) is 10.5. The number of benzene rings is 1. The topological polar surface area (TPSA) is 20.2 Å². The summed E-state index contributed by atoms with van der Waals surface area (Å²) in [5.41, 5.74) is 0. The van der Waals surface area contributed by atoms with Crippen LogP contribution in [0, 0.1) is 5.92 Å². The van der Waals surface area contributed by atoms with Crippen LogP contribution < -0.4 is 0 Å². The molecule has 2 aromatic rings. The van der Waals surface area contributed by atoms with E-state index in [-0.39, 0.29) is 6.10 Å². The second-order valence-corrected chi connectivity index (χ2v) is 6.55. The average molecular weight is 260 g/mol. The van der Waals surface area contributed by atoms with Gasteiger partial charge in [0.2, 0.25) is 0 Å². The Labute approximate surface area is 112 Å². The standard InChI is InChI=1S/C16H20OS/c17-14(10-9-12-5-1-2-6-12)16-11-13-7-3-4-8-15(13)18-16/h3-4,7-8,11-12,14,17H,1-2,5-6,9-10H2. The van der Waals surface area contributed by atoms with E-state index in [1.165, 1.54) is 42.2 Å². The van der Waals surface area contributed by atoms with Gasteiger partial charge >= 0.3 is 0 Å². The first-order chi connectivity index (χ1) is 8.83. The highest BCUT2D eigenvalue weighted by molar-refractivity contribution is 7.19. The van der Waals surface area contributed by atoms with Gasteiger partial charge in [0.05, 0.1) is 6.10 Å². The van der Waals surface area contributed by atoms with Gasteiger partial charge in [0.1, 0.15) is 0 Å². The van der Waals surface area contributed by atoms with Crippen LogP contribution in [0.1, 0.15) is 49.5 Å². The van der Waals surface area contributed by atoms with Crippen molar-refractivity contribution in [3.05, 3.63) is 35.2 Å². The minimum absolute atomic E-state index is 0.261. The number of aliphatic hydroxyl groups excluding tert-OH is 1. The lowest BCUT2D eigenvalue weighted by atomic mass is 9.99. The van der Waals surface area contributed by atoms with E-state index in [1.54, 1.807) is 11.3 Å². The Morgan fingerprint density at radius 3 is 2.78 bits per heavy atom. The van der Waals surface area contributed by atoms with E-state index in [2.05, 4.69) is 30.3 Å². The molecule has 0 aliphatic heterocycles. The fourth-order valence-corrected chi connectivity index (χ4v) is 4.09. The Hall–Kier alpha value is -0.860. The minimum atomic E-state index is -0.261. The molecule has 1 nitrogen and oxygen atoms in total. The SMILES string of the molecule is OC(CCC1CCCC1)c1cc2ccccc2s1. The van der Waals surface area contributed by atoms with Crippen LogP contribution in [0.2, 0.25) is 0 Å². The van der Waals surface area contributed by atoms with Gasteiger partial charge in [0.15, 0.2) is 0 Å². The van der Waals surface area contributed by atoms with Gasteiger partial charge in [-0.05, 0) is 36.3 Å². The molecule has 1 aromatic carbocycles. The van der Waals surface area contributed by atoms with Crippen molar-refractivity contribution >= 4 is 21.4 Å². The molecule has 0 bridgehead atoms. The van der Waals surface area contributed by atoms with Crippen LogP contribution in [0.15, 0.2) is 30.3 Å². The smallest absolute Gasteiger partial charge is 0.0882 e. The van der Waals surface area contributed by atoms with Crippen LogP contribution in [0.3, 0.4) is 0 Å². The average Bonchev–Trinajstić information content (AvgIpc) is 3.04. The summed E-state index contributed by atoms with van der Waals surface area (Å²) in [6.07, 6.45) is 7.39. The van der Waals surface area contributed by atoms with Crippen LogP contribution in [0.5, 0.6) is 0 Å². The summed E-state index contributed by atoms with van der Waals surface area (Å²) in [5.74, 6) is 0.869. The summed E-state index contributed by atoms with van der Waals surface area (Å²) in [7, 11) is 0. The lowest BCUT2D eigenvalue weighted by Crippen LogP contribution is -1.99. The van der Waals surface area contributed by atoms with Gasteiger partial charge < -0.3 is 5.11 Å². The zero-order valence-electron chi connectivity index (χ0n) is 10.6. The highest BCUT2D eigenvalue weighted by Crippen LogP contribution is 2.35. The Balaban J connectivity index is 1.65. The predicted molar refractivity (Wildman–Crippen MR) is 78.0 cm³/mol. The van der Waals surface area contributed by atoms with E-state index in [0.29, 0.717) is 0 Å². The number of hydrogen-bond donors (Lipinski definition) is 1. The molecular weight excluding hydrogens is 240 g/mol. The quantitative estimate of drug-likeness (QED) is 0.828. The van der Waals surface area contributed by atoms with Crippen molar-refractivity contribution in [3.8, 4) is 0 Å². The maximum Gasteiger partial charge on any atom is 0.0882 e. The fraction of sp³-hybridized carbons (Fsp3) is 0.500. The van der Waals surface area contributed by atoms with E-state index >= 15 is 0 Å². The lowest BCUT2D eigenvalue weighted by molar-refractivity contribution is 0.160. The van der Waals surface area contributed by atoms with Crippen molar-refractivity contribution in [2.75, 3.05) is 0 Å². The Bertz CT molecular complexity index is 478. The van der Waals surface area contributed by atoms with Crippen molar-refractivity contribution < 1.29 is 5.11 Å². The first-order valence-corrected chi connectivity index (χ1v) is 7.81.